The molecule has 8 heteroatoms. The molecular weight excluding hydrogens is 485 g/mol. The highest BCUT2D eigenvalue weighted by Crippen LogP contribution is 2.34. The zero-order chi connectivity index (χ0) is 25.7. The van der Waals surface area contributed by atoms with Gasteiger partial charge >= 0.3 is 11.9 Å². The monoisotopic (exact) mass is 513 g/mol. The van der Waals surface area contributed by atoms with Crippen molar-refractivity contribution in [3.8, 4) is 11.1 Å². The van der Waals surface area contributed by atoms with Crippen molar-refractivity contribution in [3.63, 3.8) is 0 Å². The van der Waals surface area contributed by atoms with Gasteiger partial charge in [-0.15, -0.1) is 12.4 Å². The Hall–Kier alpha value is -3.55. The Balaban J connectivity index is 0.00000456. The molecule has 0 aliphatic rings. The van der Waals surface area contributed by atoms with Crippen molar-refractivity contribution >= 4 is 30.1 Å². The van der Waals surface area contributed by atoms with Crippen LogP contribution in [0.25, 0.3) is 11.1 Å². The van der Waals surface area contributed by atoms with E-state index in [1.807, 2.05) is 31.2 Å². The number of ketones is 1. The second-order valence-electron chi connectivity index (χ2n) is 8.43. The molecular formula is C28H29ClFNO5. The molecule has 190 valence electrons. The third-order valence-corrected chi connectivity index (χ3v) is 5.80. The van der Waals surface area contributed by atoms with Crippen LogP contribution < -0.4 is 5.73 Å². The van der Waals surface area contributed by atoms with Crippen molar-refractivity contribution in [2.24, 2.45) is 5.73 Å². The Morgan fingerprint density at radius 2 is 1.72 bits per heavy atom. The van der Waals surface area contributed by atoms with Gasteiger partial charge in [-0.3, -0.25) is 9.59 Å². The van der Waals surface area contributed by atoms with Gasteiger partial charge in [0.1, 0.15) is 5.82 Å². The number of esters is 1. The van der Waals surface area contributed by atoms with E-state index in [0.717, 1.165) is 27.8 Å². The molecule has 3 N–H and O–H groups in total. The zero-order valence-corrected chi connectivity index (χ0v) is 21.2. The minimum absolute atomic E-state index is 0. The first-order chi connectivity index (χ1) is 16.6. The van der Waals surface area contributed by atoms with Crippen LogP contribution in [0.4, 0.5) is 4.39 Å². The van der Waals surface area contributed by atoms with Crippen molar-refractivity contribution < 1.29 is 28.6 Å². The molecule has 0 fully saturated rings. The van der Waals surface area contributed by atoms with Crippen molar-refractivity contribution in [2.45, 2.75) is 39.7 Å². The molecule has 0 amide bonds. The molecule has 0 saturated heterocycles. The lowest BCUT2D eigenvalue weighted by molar-refractivity contribution is -0.143. The topological polar surface area (TPSA) is 107 Å². The molecule has 36 heavy (non-hydrogen) atoms. The lowest BCUT2D eigenvalue weighted by Gasteiger charge is -2.19. The zero-order valence-electron chi connectivity index (χ0n) is 20.3. The first kappa shape index (κ1) is 28.7. The molecule has 0 aliphatic carbocycles. The maximum atomic E-state index is 15.0. The summed E-state index contributed by atoms with van der Waals surface area (Å²) in [6.07, 6.45) is 0.289. The maximum absolute atomic E-state index is 15.0. The number of rotatable bonds is 9. The molecule has 0 bridgehead atoms. The fourth-order valence-electron chi connectivity index (χ4n) is 4.18. The third kappa shape index (κ3) is 6.56. The van der Waals surface area contributed by atoms with Crippen LogP contribution in [0.1, 0.15) is 57.6 Å². The molecule has 0 aromatic heterocycles. The standard InChI is InChI=1S/C28H28FNO5.ClH/c1-4-35-24(31)15-23(30)22-14-21(11-17(3)26(22)29)25-16(2)7-5-9-19(25)12-18-8-6-10-20(13-18)27(32)28(33)34;/h5-11,13-14,23H,4,12,15,30H2,1-3H3,(H,33,34);1H/t23-;/m0./s1. The predicted molar refractivity (Wildman–Crippen MR) is 138 cm³/mol. The SMILES string of the molecule is CCOC(=O)C[C@H](N)c1cc(-c2c(C)cccc2Cc2cccc(C(=O)C(=O)O)c2)cc(C)c1F.Cl. The Morgan fingerprint density at radius 3 is 2.39 bits per heavy atom. The molecule has 0 radical (unpaired) electrons. The number of hydrogen-bond acceptors (Lipinski definition) is 5. The van der Waals surface area contributed by atoms with E-state index in [2.05, 4.69) is 0 Å². The van der Waals surface area contributed by atoms with Crippen LogP contribution in [-0.4, -0.2) is 29.4 Å². The van der Waals surface area contributed by atoms with E-state index in [1.165, 1.54) is 6.07 Å². The smallest absolute Gasteiger partial charge is 0.377 e. The number of ether oxygens (including phenoxy) is 1. The van der Waals surface area contributed by atoms with Gasteiger partial charge in [-0.25, -0.2) is 9.18 Å². The van der Waals surface area contributed by atoms with Crippen molar-refractivity contribution in [1.29, 1.82) is 0 Å². The summed E-state index contributed by atoms with van der Waals surface area (Å²) in [5.74, 6) is -3.42. The Morgan fingerprint density at radius 1 is 1.03 bits per heavy atom. The average molecular weight is 514 g/mol. The molecule has 0 spiro atoms. The number of carboxylic acids is 1. The average Bonchev–Trinajstić information content (AvgIpc) is 2.80. The summed E-state index contributed by atoms with van der Waals surface area (Å²) >= 11 is 0. The summed E-state index contributed by atoms with van der Waals surface area (Å²) in [5.41, 5.74) is 11.2. The molecule has 0 aliphatic heterocycles. The number of carbonyl (C=O) groups excluding carboxylic acids is 2. The minimum atomic E-state index is -1.51. The lowest BCUT2D eigenvalue weighted by Crippen LogP contribution is -2.19. The number of Topliss-reactive ketones (excluding diaryl/α,β-unsaturated/α-hetero) is 1. The van der Waals surface area contributed by atoms with E-state index in [1.54, 1.807) is 38.1 Å². The summed E-state index contributed by atoms with van der Waals surface area (Å²) < 4.78 is 20.0. The summed E-state index contributed by atoms with van der Waals surface area (Å²) in [6, 6.07) is 14.8. The van der Waals surface area contributed by atoms with Gasteiger partial charge < -0.3 is 15.6 Å². The summed E-state index contributed by atoms with van der Waals surface area (Å²) in [4.78, 5) is 34.9. The fourth-order valence-corrected chi connectivity index (χ4v) is 4.18. The van der Waals surface area contributed by atoms with E-state index in [-0.39, 0.29) is 36.6 Å². The largest absolute Gasteiger partial charge is 0.475 e. The highest BCUT2D eigenvalue weighted by Gasteiger charge is 2.21. The molecule has 3 aromatic carbocycles. The molecule has 3 aromatic rings. The van der Waals surface area contributed by atoms with Gasteiger partial charge in [-0.2, -0.15) is 0 Å². The van der Waals surface area contributed by atoms with E-state index < -0.39 is 29.6 Å². The van der Waals surface area contributed by atoms with E-state index in [9.17, 15) is 14.4 Å². The molecule has 3 rings (SSSR count). The predicted octanol–water partition coefficient (Wildman–Crippen LogP) is 5.34. The molecule has 0 heterocycles. The minimum Gasteiger partial charge on any atom is -0.475 e. The van der Waals surface area contributed by atoms with Gasteiger partial charge in [0, 0.05) is 17.2 Å². The number of aliphatic carboxylic acids is 1. The maximum Gasteiger partial charge on any atom is 0.377 e. The second-order valence-corrected chi connectivity index (χ2v) is 8.43. The number of carboxylic acid groups (broad SMARTS) is 1. The highest BCUT2D eigenvalue weighted by atomic mass is 35.5. The number of benzene rings is 3. The Kier molecular flexibility index (Phi) is 9.90. The van der Waals surface area contributed by atoms with Crippen LogP contribution in [0.2, 0.25) is 0 Å². The van der Waals surface area contributed by atoms with Gasteiger partial charge in [-0.1, -0.05) is 36.4 Å². The lowest BCUT2D eigenvalue weighted by atomic mass is 9.88. The number of hydrogen-bond donors (Lipinski definition) is 2. The van der Waals surface area contributed by atoms with Crippen molar-refractivity contribution in [1.82, 2.24) is 0 Å². The van der Waals surface area contributed by atoms with Crippen LogP contribution in [0.15, 0.2) is 54.6 Å². The molecule has 1 atom stereocenters. The Bertz CT molecular complexity index is 1290. The van der Waals surface area contributed by atoms with Crippen molar-refractivity contribution in [3.05, 3.63) is 93.8 Å². The quantitative estimate of drug-likeness (QED) is 0.227. The number of carbonyl (C=O) groups is 3. The number of halogens is 2. The fraction of sp³-hybridized carbons (Fsp3) is 0.250. The Labute approximate surface area is 215 Å². The third-order valence-electron chi connectivity index (χ3n) is 5.80. The summed E-state index contributed by atoms with van der Waals surface area (Å²) in [7, 11) is 0. The van der Waals surface area contributed by atoms with E-state index >= 15 is 4.39 Å². The molecule has 0 unspecified atom stereocenters. The van der Waals surface area contributed by atoms with Crippen LogP contribution in [0.5, 0.6) is 0 Å². The van der Waals surface area contributed by atoms with Crippen LogP contribution in [0.3, 0.4) is 0 Å². The summed E-state index contributed by atoms with van der Waals surface area (Å²) in [6.45, 7) is 5.51. The normalized spacial score (nSPS) is 11.4. The number of nitrogens with two attached hydrogens (primary N) is 1. The first-order valence-corrected chi connectivity index (χ1v) is 11.3. The van der Waals surface area contributed by atoms with Crippen LogP contribution in [-0.2, 0) is 20.7 Å². The first-order valence-electron chi connectivity index (χ1n) is 11.3. The van der Waals surface area contributed by atoms with Gasteiger partial charge in [-0.05, 0) is 78.8 Å². The van der Waals surface area contributed by atoms with Gasteiger partial charge in [0.15, 0.2) is 0 Å². The van der Waals surface area contributed by atoms with Crippen molar-refractivity contribution in [2.75, 3.05) is 6.61 Å². The van der Waals surface area contributed by atoms with Crippen LogP contribution >= 0.6 is 12.4 Å². The second kappa shape index (κ2) is 12.4. The highest BCUT2D eigenvalue weighted by molar-refractivity contribution is 6.39. The summed E-state index contributed by atoms with van der Waals surface area (Å²) in [5, 5.41) is 9.03. The van der Waals surface area contributed by atoms with Gasteiger partial charge in [0.05, 0.1) is 13.0 Å². The van der Waals surface area contributed by atoms with Gasteiger partial charge in [0.2, 0.25) is 0 Å². The van der Waals surface area contributed by atoms with E-state index in [4.69, 9.17) is 15.6 Å². The number of aryl methyl sites for hydroxylation is 2. The van der Waals surface area contributed by atoms with E-state index in [0.29, 0.717) is 12.0 Å². The molecule has 0 saturated carbocycles. The molecule has 6 nitrogen and oxygen atoms in total. The van der Waals surface area contributed by atoms with Crippen LogP contribution in [0, 0.1) is 19.7 Å². The van der Waals surface area contributed by atoms with Gasteiger partial charge in [0.25, 0.3) is 5.78 Å².